The molecular formula is C23H34N4O2. The van der Waals surface area contributed by atoms with Gasteiger partial charge in [-0.2, -0.15) is 0 Å². The van der Waals surface area contributed by atoms with E-state index in [1.54, 1.807) is 14.2 Å². The number of benzene rings is 1. The van der Waals surface area contributed by atoms with Crippen LogP contribution in [-0.4, -0.2) is 61.8 Å². The van der Waals surface area contributed by atoms with Gasteiger partial charge < -0.3 is 19.3 Å². The molecular weight excluding hydrogens is 364 g/mol. The summed E-state index contributed by atoms with van der Waals surface area (Å²) in [6.45, 7) is 7.23. The van der Waals surface area contributed by atoms with Gasteiger partial charge in [-0.25, -0.2) is 9.97 Å². The third-order valence-corrected chi connectivity index (χ3v) is 5.78. The molecule has 1 saturated heterocycles. The van der Waals surface area contributed by atoms with E-state index in [0.29, 0.717) is 6.04 Å². The van der Waals surface area contributed by atoms with Crippen LogP contribution in [0.4, 0.5) is 5.82 Å². The van der Waals surface area contributed by atoms with Crippen LogP contribution in [0.25, 0.3) is 0 Å². The molecule has 1 aliphatic rings. The Balaban J connectivity index is 1.61. The van der Waals surface area contributed by atoms with Gasteiger partial charge in [0, 0.05) is 37.4 Å². The number of hydrogen-bond donors (Lipinski definition) is 0. The van der Waals surface area contributed by atoms with Gasteiger partial charge >= 0.3 is 0 Å². The highest BCUT2D eigenvalue weighted by Crippen LogP contribution is 2.28. The van der Waals surface area contributed by atoms with Crippen molar-refractivity contribution in [2.45, 2.75) is 45.6 Å². The van der Waals surface area contributed by atoms with Crippen LogP contribution in [0.1, 0.15) is 36.8 Å². The lowest BCUT2D eigenvalue weighted by molar-refractivity contribution is 0.217. The first kappa shape index (κ1) is 21.4. The van der Waals surface area contributed by atoms with Crippen molar-refractivity contribution in [3.63, 3.8) is 0 Å². The number of piperidine rings is 1. The zero-order valence-corrected chi connectivity index (χ0v) is 18.4. The number of aryl methyl sites for hydroxylation is 2. The van der Waals surface area contributed by atoms with Gasteiger partial charge in [-0.3, -0.25) is 0 Å². The normalized spacial score (nSPS) is 16.9. The maximum atomic E-state index is 5.43. The molecule has 1 aromatic heterocycles. The summed E-state index contributed by atoms with van der Waals surface area (Å²) in [5.41, 5.74) is 2.39. The second kappa shape index (κ2) is 9.92. The number of ether oxygens (including phenoxy) is 2. The van der Waals surface area contributed by atoms with E-state index in [1.165, 1.54) is 18.4 Å². The zero-order chi connectivity index (χ0) is 20.8. The van der Waals surface area contributed by atoms with Crippen molar-refractivity contribution in [1.29, 1.82) is 0 Å². The minimum atomic E-state index is 0.532. The summed E-state index contributed by atoms with van der Waals surface area (Å²) in [6.07, 6.45) is 4.35. The van der Waals surface area contributed by atoms with Crippen LogP contribution >= 0.6 is 0 Å². The Hall–Kier alpha value is -2.34. The van der Waals surface area contributed by atoms with E-state index >= 15 is 0 Å². The quantitative estimate of drug-likeness (QED) is 0.678. The average molecular weight is 399 g/mol. The highest BCUT2D eigenvalue weighted by molar-refractivity contribution is 5.43. The molecule has 0 radical (unpaired) electrons. The fraction of sp³-hybridized carbons (Fsp3) is 0.565. The van der Waals surface area contributed by atoms with Crippen molar-refractivity contribution >= 4 is 5.82 Å². The van der Waals surface area contributed by atoms with Crippen molar-refractivity contribution in [3.8, 4) is 11.5 Å². The fourth-order valence-corrected chi connectivity index (χ4v) is 4.00. The molecule has 6 nitrogen and oxygen atoms in total. The largest absolute Gasteiger partial charge is 0.493 e. The van der Waals surface area contributed by atoms with Gasteiger partial charge in [-0.05, 0) is 57.4 Å². The smallest absolute Gasteiger partial charge is 0.160 e. The van der Waals surface area contributed by atoms with Crippen LogP contribution in [0.2, 0.25) is 0 Å². The van der Waals surface area contributed by atoms with Crippen molar-refractivity contribution in [3.05, 3.63) is 41.3 Å². The molecule has 2 heterocycles. The van der Waals surface area contributed by atoms with Crippen LogP contribution in [0.5, 0.6) is 11.5 Å². The lowest BCUT2D eigenvalue weighted by Gasteiger charge is -2.38. The zero-order valence-electron chi connectivity index (χ0n) is 18.4. The Bertz CT molecular complexity index is 811. The monoisotopic (exact) mass is 398 g/mol. The molecule has 1 fully saturated rings. The van der Waals surface area contributed by atoms with Crippen LogP contribution < -0.4 is 14.4 Å². The lowest BCUT2D eigenvalue weighted by Crippen LogP contribution is -2.47. The summed E-state index contributed by atoms with van der Waals surface area (Å²) < 4.78 is 10.8. The van der Waals surface area contributed by atoms with Crippen molar-refractivity contribution in [2.75, 3.05) is 45.8 Å². The molecule has 0 amide bonds. The van der Waals surface area contributed by atoms with E-state index in [2.05, 4.69) is 47.0 Å². The maximum absolute atomic E-state index is 5.43. The summed E-state index contributed by atoms with van der Waals surface area (Å²) >= 11 is 0. The summed E-state index contributed by atoms with van der Waals surface area (Å²) in [7, 11) is 5.59. The van der Waals surface area contributed by atoms with E-state index in [9.17, 15) is 0 Å². The number of anilines is 1. The number of nitrogens with zero attached hydrogens (tertiary/aromatic N) is 4. The molecule has 1 aliphatic heterocycles. The lowest BCUT2D eigenvalue weighted by atomic mass is 10.0. The average Bonchev–Trinajstić information content (AvgIpc) is 2.76. The minimum Gasteiger partial charge on any atom is -0.493 e. The molecule has 1 aromatic carbocycles. The van der Waals surface area contributed by atoms with Gasteiger partial charge in [0.15, 0.2) is 11.5 Å². The highest BCUT2D eigenvalue weighted by atomic mass is 16.5. The molecule has 3 rings (SSSR count). The highest BCUT2D eigenvalue weighted by Gasteiger charge is 2.24. The van der Waals surface area contributed by atoms with Crippen LogP contribution in [0, 0.1) is 6.92 Å². The topological polar surface area (TPSA) is 50.7 Å². The molecule has 29 heavy (non-hydrogen) atoms. The molecule has 0 spiro atoms. The minimum absolute atomic E-state index is 0.532. The van der Waals surface area contributed by atoms with Crippen molar-refractivity contribution < 1.29 is 9.47 Å². The Morgan fingerprint density at radius 3 is 2.66 bits per heavy atom. The summed E-state index contributed by atoms with van der Waals surface area (Å²) in [6, 6.07) is 8.87. The molecule has 0 saturated carbocycles. The van der Waals surface area contributed by atoms with Gasteiger partial charge in [0.05, 0.1) is 14.2 Å². The number of aromatic nitrogens is 2. The first-order valence-electron chi connectivity index (χ1n) is 10.5. The second-order valence-electron chi connectivity index (χ2n) is 7.78. The number of likely N-dealkylation sites (N-methyl/N-ethyl adjacent to an activating group) is 1. The molecule has 6 heteroatoms. The van der Waals surface area contributed by atoms with E-state index in [4.69, 9.17) is 14.5 Å². The van der Waals surface area contributed by atoms with Gasteiger partial charge in [0.2, 0.25) is 0 Å². The Labute approximate surface area is 174 Å². The van der Waals surface area contributed by atoms with E-state index < -0.39 is 0 Å². The third kappa shape index (κ3) is 5.38. The summed E-state index contributed by atoms with van der Waals surface area (Å²) in [5, 5.41) is 0. The number of methoxy groups -OCH3 is 2. The van der Waals surface area contributed by atoms with Crippen LogP contribution in [0.15, 0.2) is 24.3 Å². The SMILES string of the molecule is CCc1cc(N2CCC[C@H](N(C)CCc3ccc(OC)c(OC)c3)C2)nc(C)n1. The van der Waals surface area contributed by atoms with E-state index in [1.807, 2.05) is 13.0 Å². The fourth-order valence-electron chi connectivity index (χ4n) is 4.00. The first-order chi connectivity index (χ1) is 14.0. The van der Waals surface area contributed by atoms with E-state index in [0.717, 1.165) is 61.3 Å². The van der Waals surface area contributed by atoms with Crippen molar-refractivity contribution in [2.24, 2.45) is 0 Å². The Morgan fingerprint density at radius 1 is 1.14 bits per heavy atom. The van der Waals surface area contributed by atoms with Crippen LogP contribution in [0.3, 0.4) is 0 Å². The molecule has 0 N–H and O–H groups in total. The van der Waals surface area contributed by atoms with Gasteiger partial charge in [0.25, 0.3) is 0 Å². The standard InChI is InChI=1S/C23H34N4O2/c1-6-19-15-23(25-17(2)24-19)27-12-7-8-20(16-27)26(3)13-11-18-9-10-21(28-4)22(14-18)29-5/h9-10,14-15,20H,6-8,11-13,16H2,1-5H3/t20-/m0/s1. The molecule has 0 unspecified atom stereocenters. The van der Waals surface area contributed by atoms with E-state index in [-0.39, 0.29) is 0 Å². The molecule has 1 atom stereocenters. The summed E-state index contributed by atoms with van der Waals surface area (Å²) in [4.78, 5) is 14.1. The van der Waals surface area contributed by atoms with Gasteiger partial charge in [-0.1, -0.05) is 13.0 Å². The third-order valence-electron chi connectivity index (χ3n) is 5.78. The molecule has 158 valence electrons. The Morgan fingerprint density at radius 2 is 1.93 bits per heavy atom. The molecule has 0 aliphatic carbocycles. The predicted octanol–water partition coefficient (Wildman–Crippen LogP) is 3.51. The van der Waals surface area contributed by atoms with Gasteiger partial charge in [0.1, 0.15) is 11.6 Å². The van der Waals surface area contributed by atoms with Crippen molar-refractivity contribution in [1.82, 2.24) is 14.9 Å². The Kier molecular flexibility index (Phi) is 7.31. The number of rotatable bonds is 8. The van der Waals surface area contributed by atoms with Crippen LogP contribution in [-0.2, 0) is 12.8 Å². The molecule has 2 aromatic rings. The predicted molar refractivity (Wildman–Crippen MR) is 117 cm³/mol. The maximum Gasteiger partial charge on any atom is 0.160 e. The van der Waals surface area contributed by atoms with Gasteiger partial charge in [-0.15, -0.1) is 0 Å². The number of hydrogen-bond acceptors (Lipinski definition) is 6. The molecule has 0 bridgehead atoms. The second-order valence-corrected chi connectivity index (χ2v) is 7.78. The first-order valence-corrected chi connectivity index (χ1v) is 10.5. The summed E-state index contributed by atoms with van der Waals surface area (Å²) in [5.74, 6) is 3.51.